The Morgan fingerprint density at radius 1 is 1.09 bits per heavy atom. The Morgan fingerprint density at radius 3 is 2.59 bits per heavy atom. The van der Waals surface area contributed by atoms with Crippen molar-refractivity contribution in [1.82, 2.24) is 5.32 Å². The van der Waals surface area contributed by atoms with Crippen LogP contribution in [0, 0.1) is 11.7 Å². The van der Waals surface area contributed by atoms with Crippen LogP contribution in [-0.4, -0.2) is 36.9 Å². The Bertz CT molecular complexity index is 474. The van der Waals surface area contributed by atoms with Crippen molar-refractivity contribution in [3.05, 3.63) is 30.1 Å². The van der Waals surface area contributed by atoms with Crippen molar-refractivity contribution >= 4 is 5.69 Å². The Balaban J connectivity index is 1.49. The van der Waals surface area contributed by atoms with Gasteiger partial charge in [0.2, 0.25) is 0 Å². The lowest BCUT2D eigenvalue weighted by Gasteiger charge is -2.37. The van der Waals surface area contributed by atoms with Crippen LogP contribution < -0.4 is 10.2 Å². The van der Waals surface area contributed by atoms with Gasteiger partial charge >= 0.3 is 0 Å². The first-order valence-electron chi connectivity index (χ1n) is 8.62. The molecule has 4 heteroatoms. The van der Waals surface area contributed by atoms with Crippen molar-refractivity contribution in [2.24, 2.45) is 5.92 Å². The molecule has 2 N–H and O–H groups in total. The first kappa shape index (κ1) is 15.8. The average Bonchev–Trinajstić information content (AvgIpc) is 2.56. The quantitative estimate of drug-likeness (QED) is 0.898. The van der Waals surface area contributed by atoms with Crippen molar-refractivity contribution in [2.45, 2.75) is 50.6 Å². The molecule has 0 bridgehead atoms. The number of hydrogen-bond donors (Lipinski definition) is 2. The van der Waals surface area contributed by atoms with Crippen LogP contribution in [0.15, 0.2) is 24.3 Å². The van der Waals surface area contributed by atoms with E-state index in [1.807, 2.05) is 12.1 Å². The molecular weight excluding hydrogens is 279 g/mol. The number of hydrogen-bond acceptors (Lipinski definition) is 3. The first-order valence-corrected chi connectivity index (χ1v) is 8.62. The summed E-state index contributed by atoms with van der Waals surface area (Å²) in [5.74, 6) is 0.358. The lowest BCUT2D eigenvalue weighted by atomic mass is 9.85. The lowest BCUT2D eigenvalue weighted by Crippen LogP contribution is -2.47. The van der Waals surface area contributed by atoms with E-state index in [1.54, 1.807) is 6.07 Å². The monoisotopic (exact) mass is 306 g/mol. The van der Waals surface area contributed by atoms with Gasteiger partial charge in [-0.05, 0) is 50.2 Å². The van der Waals surface area contributed by atoms with E-state index in [0.29, 0.717) is 24.6 Å². The molecule has 0 aromatic heterocycles. The van der Waals surface area contributed by atoms with E-state index in [9.17, 15) is 9.50 Å². The van der Waals surface area contributed by atoms with Crippen LogP contribution in [0.2, 0.25) is 0 Å². The molecule has 0 spiro atoms. The summed E-state index contributed by atoms with van der Waals surface area (Å²) in [7, 11) is 0. The number of aliphatic hydroxyl groups is 1. The minimum atomic E-state index is -0.119. The molecule has 0 radical (unpaired) electrons. The SMILES string of the molecule is OC[C@@H]1CCC[C@H](NC2CCN(c3ccccc3F)CC2)C1. The van der Waals surface area contributed by atoms with Gasteiger partial charge in [0.1, 0.15) is 5.82 Å². The van der Waals surface area contributed by atoms with Crippen LogP contribution >= 0.6 is 0 Å². The van der Waals surface area contributed by atoms with E-state index in [0.717, 1.165) is 38.0 Å². The van der Waals surface area contributed by atoms with E-state index in [2.05, 4.69) is 10.2 Å². The second-order valence-electron chi connectivity index (χ2n) is 6.79. The smallest absolute Gasteiger partial charge is 0.146 e. The molecule has 122 valence electrons. The molecule has 1 aromatic rings. The van der Waals surface area contributed by atoms with Gasteiger partial charge in [0.05, 0.1) is 5.69 Å². The molecule has 3 rings (SSSR count). The fourth-order valence-electron chi connectivity index (χ4n) is 3.94. The molecule has 3 nitrogen and oxygen atoms in total. The average molecular weight is 306 g/mol. The van der Waals surface area contributed by atoms with Crippen LogP contribution in [0.4, 0.5) is 10.1 Å². The van der Waals surface area contributed by atoms with Crippen molar-refractivity contribution in [1.29, 1.82) is 0 Å². The molecule has 1 aromatic carbocycles. The molecule has 1 saturated carbocycles. The number of piperidine rings is 1. The zero-order chi connectivity index (χ0) is 15.4. The number of anilines is 1. The summed E-state index contributed by atoms with van der Waals surface area (Å²) in [6.07, 6.45) is 6.84. The third-order valence-corrected chi connectivity index (χ3v) is 5.20. The summed E-state index contributed by atoms with van der Waals surface area (Å²) in [6, 6.07) is 8.14. The highest BCUT2D eigenvalue weighted by Crippen LogP contribution is 2.26. The Labute approximate surface area is 132 Å². The molecular formula is C18H27FN2O. The van der Waals surface area contributed by atoms with E-state index in [4.69, 9.17) is 0 Å². The van der Waals surface area contributed by atoms with Crippen molar-refractivity contribution < 1.29 is 9.50 Å². The van der Waals surface area contributed by atoms with Gasteiger partial charge in [0.25, 0.3) is 0 Å². The number of nitrogens with one attached hydrogen (secondary N) is 1. The van der Waals surface area contributed by atoms with Crippen molar-refractivity contribution in [2.75, 3.05) is 24.6 Å². The molecule has 22 heavy (non-hydrogen) atoms. The molecule has 1 aliphatic heterocycles. The van der Waals surface area contributed by atoms with E-state index in [-0.39, 0.29) is 5.82 Å². The number of benzene rings is 1. The fraction of sp³-hybridized carbons (Fsp3) is 0.667. The third kappa shape index (κ3) is 3.79. The van der Waals surface area contributed by atoms with Gasteiger partial charge < -0.3 is 15.3 Å². The Hall–Kier alpha value is -1.13. The van der Waals surface area contributed by atoms with Crippen molar-refractivity contribution in [3.63, 3.8) is 0 Å². The summed E-state index contributed by atoms with van der Waals surface area (Å²) in [5.41, 5.74) is 0.735. The zero-order valence-corrected chi connectivity index (χ0v) is 13.2. The predicted octanol–water partition coefficient (Wildman–Crippen LogP) is 2.94. The third-order valence-electron chi connectivity index (χ3n) is 5.20. The zero-order valence-electron chi connectivity index (χ0n) is 13.2. The fourth-order valence-corrected chi connectivity index (χ4v) is 3.94. The number of aliphatic hydroxyl groups excluding tert-OH is 1. The second-order valence-corrected chi connectivity index (χ2v) is 6.79. The molecule has 0 amide bonds. The minimum Gasteiger partial charge on any atom is -0.396 e. The van der Waals surface area contributed by atoms with Gasteiger partial charge in [-0.25, -0.2) is 4.39 Å². The molecule has 1 heterocycles. The van der Waals surface area contributed by atoms with E-state index >= 15 is 0 Å². The van der Waals surface area contributed by atoms with Gasteiger partial charge in [0, 0.05) is 31.8 Å². The maximum Gasteiger partial charge on any atom is 0.146 e. The van der Waals surface area contributed by atoms with Crippen LogP contribution in [0.3, 0.4) is 0 Å². The Morgan fingerprint density at radius 2 is 1.86 bits per heavy atom. The van der Waals surface area contributed by atoms with Gasteiger partial charge in [-0.3, -0.25) is 0 Å². The second kappa shape index (κ2) is 7.42. The first-order chi connectivity index (χ1) is 10.8. The van der Waals surface area contributed by atoms with Gasteiger partial charge in [-0.15, -0.1) is 0 Å². The lowest BCUT2D eigenvalue weighted by molar-refractivity contribution is 0.164. The molecule has 0 unspecified atom stereocenters. The molecule has 2 fully saturated rings. The highest BCUT2D eigenvalue weighted by atomic mass is 19.1. The highest BCUT2D eigenvalue weighted by Gasteiger charge is 2.26. The van der Waals surface area contributed by atoms with Crippen molar-refractivity contribution in [3.8, 4) is 0 Å². The molecule has 2 atom stereocenters. The summed E-state index contributed by atoms with van der Waals surface area (Å²) in [4.78, 5) is 2.16. The summed E-state index contributed by atoms with van der Waals surface area (Å²) < 4.78 is 13.8. The predicted molar refractivity (Wildman–Crippen MR) is 87.6 cm³/mol. The Kier molecular flexibility index (Phi) is 5.32. The summed E-state index contributed by atoms with van der Waals surface area (Å²) >= 11 is 0. The number of halogens is 1. The highest BCUT2D eigenvalue weighted by molar-refractivity contribution is 5.47. The van der Waals surface area contributed by atoms with Crippen LogP contribution in [0.25, 0.3) is 0 Å². The van der Waals surface area contributed by atoms with Gasteiger partial charge in [-0.2, -0.15) is 0 Å². The normalized spacial score (nSPS) is 27.1. The molecule has 1 aliphatic carbocycles. The van der Waals surface area contributed by atoms with E-state index in [1.165, 1.54) is 25.3 Å². The van der Waals surface area contributed by atoms with Crippen LogP contribution in [0.5, 0.6) is 0 Å². The van der Waals surface area contributed by atoms with Crippen LogP contribution in [-0.2, 0) is 0 Å². The summed E-state index contributed by atoms with van der Waals surface area (Å²) in [6.45, 7) is 2.15. The molecule has 2 aliphatic rings. The maximum absolute atomic E-state index is 13.8. The van der Waals surface area contributed by atoms with Crippen LogP contribution in [0.1, 0.15) is 38.5 Å². The number of rotatable bonds is 4. The van der Waals surface area contributed by atoms with Gasteiger partial charge in [-0.1, -0.05) is 18.6 Å². The largest absolute Gasteiger partial charge is 0.396 e. The standard InChI is InChI=1S/C18H27FN2O/c19-17-6-1-2-7-18(17)21-10-8-15(9-11-21)20-16-5-3-4-14(12-16)13-22/h1-2,6-7,14-16,20,22H,3-5,8-13H2/t14-,16+/m1/s1. The number of para-hydroxylation sites is 1. The molecule has 1 saturated heterocycles. The topological polar surface area (TPSA) is 35.5 Å². The minimum absolute atomic E-state index is 0.119. The van der Waals surface area contributed by atoms with E-state index < -0.39 is 0 Å². The maximum atomic E-state index is 13.8. The van der Waals surface area contributed by atoms with Gasteiger partial charge in [0.15, 0.2) is 0 Å². The summed E-state index contributed by atoms with van der Waals surface area (Å²) in [5, 5.41) is 13.1. The number of nitrogens with zero attached hydrogens (tertiary/aromatic N) is 1.